The number of carbonyl (C=O) groups excluding carboxylic acids is 2. The number of ether oxygens (including phenoxy) is 2. The SMILES string of the molecule is COc1ccc(-c2ccc(N3CCN(C(=O)c4ccccc4C(=O)c4ccccc4)CC3)nn2)cc1OC. The van der Waals surface area contributed by atoms with Gasteiger partial charge in [0.15, 0.2) is 23.1 Å². The lowest BCUT2D eigenvalue weighted by Gasteiger charge is -2.35. The van der Waals surface area contributed by atoms with E-state index in [1.54, 1.807) is 55.5 Å². The van der Waals surface area contributed by atoms with Gasteiger partial charge in [-0.15, -0.1) is 10.2 Å². The van der Waals surface area contributed by atoms with E-state index in [0.29, 0.717) is 54.4 Å². The van der Waals surface area contributed by atoms with Crippen LogP contribution in [0, 0.1) is 0 Å². The van der Waals surface area contributed by atoms with Gasteiger partial charge in [0.1, 0.15) is 0 Å². The quantitative estimate of drug-likeness (QED) is 0.343. The number of hydrogen-bond donors (Lipinski definition) is 0. The number of nitrogens with zero attached hydrogens (tertiary/aromatic N) is 4. The molecule has 0 N–H and O–H groups in total. The molecule has 1 aliphatic heterocycles. The van der Waals surface area contributed by atoms with Gasteiger partial charge in [-0.1, -0.05) is 48.5 Å². The van der Waals surface area contributed by atoms with Crippen molar-refractivity contribution in [1.82, 2.24) is 15.1 Å². The maximum absolute atomic E-state index is 13.4. The lowest BCUT2D eigenvalue weighted by molar-refractivity contribution is 0.0742. The fourth-order valence-corrected chi connectivity index (χ4v) is 4.57. The first kappa shape index (κ1) is 25.0. The number of carbonyl (C=O) groups is 2. The van der Waals surface area contributed by atoms with Crippen molar-refractivity contribution in [2.75, 3.05) is 45.3 Å². The average molecular weight is 509 g/mol. The van der Waals surface area contributed by atoms with Crippen LogP contribution in [0.1, 0.15) is 26.3 Å². The van der Waals surface area contributed by atoms with Crippen LogP contribution in [0.5, 0.6) is 11.5 Å². The zero-order chi connectivity index (χ0) is 26.5. The Kier molecular flexibility index (Phi) is 7.31. The monoisotopic (exact) mass is 508 g/mol. The summed E-state index contributed by atoms with van der Waals surface area (Å²) in [4.78, 5) is 30.4. The molecule has 5 rings (SSSR count). The molecule has 0 saturated carbocycles. The summed E-state index contributed by atoms with van der Waals surface area (Å²) in [6.07, 6.45) is 0. The van der Waals surface area contributed by atoms with Crippen LogP contribution in [0.2, 0.25) is 0 Å². The summed E-state index contributed by atoms with van der Waals surface area (Å²) in [5.41, 5.74) is 3.01. The molecule has 38 heavy (non-hydrogen) atoms. The predicted octanol–water partition coefficient (Wildman–Crippen LogP) is 4.35. The summed E-state index contributed by atoms with van der Waals surface area (Å²) >= 11 is 0. The van der Waals surface area contributed by atoms with Crippen molar-refractivity contribution in [1.29, 1.82) is 0 Å². The van der Waals surface area contributed by atoms with E-state index in [0.717, 1.165) is 17.1 Å². The lowest BCUT2D eigenvalue weighted by Crippen LogP contribution is -2.49. The summed E-state index contributed by atoms with van der Waals surface area (Å²) in [5, 5.41) is 8.84. The Morgan fingerprint density at radius 2 is 1.39 bits per heavy atom. The molecule has 1 aromatic heterocycles. The zero-order valence-corrected chi connectivity index (χ0v) is 21.3. The first-order chi connectivity index (χ1) is 18.6. The van der Waals surface area contributed by atoms with Crippen molar-refractivity contribution in [3.8, 4) is 22.8 Å². The molecule has 1 saturated heterocycles. The number of ketones is 1. The van der Waals surface area contributed by atoms with E-state index >= 15 is 0 Å². The van der Waals surface area contributed by atoms with E-state index in [1.165, 1.54) is 0 Å². The number of amides is 1. The van der Waals surface area contributed by atoms with Crippen LogP contribution in [0.15, 0.2) is 84.9 Å². The summed E-state index contributed by atoms with van der Waals surface area (Å²) in [6, 6.07) is 25.5. The Morgan fingerprint density at radius 1 is 0.711 bits per heavy atom. The fourth-order valence-electron chi connectivity index (χ4n) is 4.57. The van der Waals surface area contributed by atoms with Gasteiger partial charge >= 0.3 is 0 Å². The van der Waals surface area contributed by atoms with Gasteiger partial charge in [-0.25, -0.2) is 0 Å². The van der Waals surface area contributed by atoms with Crippen LogP contribution in [0.4, 0.5) is 5.82 Å². The van der Waals surface area contributed by atoms with Gasteiger partial charge in [0.25, 0.3) is 5.91 Å². The van der Waals surface area contributed by atoms with Gasteiger partial charge in [0, 0.05) is 42.9 Å². The molecule has 2 heterocycles. The van der Waals surface area contributed by atoms with E-state index < -0.39 is 0 Å². The van der Waals surface area contributed by atoms with Crippen molar-refractivity contribution in [3.05, 3.63) is 102 Å². The molecule has 1 fully saturated rings. The van der Waals surface area contributed by atoms with E-state index in [2.05, 4.69) is 15.1 Å². The third-order valence-corrected chi connectivity index (χ3v) is 6.66. The molecule has 3 aromatic carbocycles. The van der Waals surface area contributed by atoms with Crippen LogP contribution in [-0.4, -0.2) is 67.2 Å². The summed E-state index contributed by atoms with van der Waals surface area (Å²) in [7, 11) is 3.20. The second kappa shape index (κ2) is 11.1. The lowest BCUT2D eigenvalue weighted by atomic mass is 9.97. The Bertz CT molecular complexity index is 1430. The normalized spacial score (nSPS) is 13.2. The van der Waals surface area contributed by atoms with Gasteiger partial charge < -0.3 is 19.3 Å². The minimum absolute atomic E-state index is 0.139. The standard InChI is InChI=1S/C30H28N4O4/c1-37-26-14-12-22(20-27(26)38-2)25-13-15-28(32-31-25)33-16-18-34(19-17-33)30(36)24-11-7-6-10-23(24)29(35)21-8-4-3-5-9-21/h3-15,20H,16-19H2,1-2H3. The third kappa shape index (κ3) is 5.06. The van der Waals surface area contributed by atoms with E-state index in [4.69, 9.17) is 9.47 Å². The minimum Gasteiger partial charge on any atom is -0.493 e. The first-order valence-corrected chi connectivity index (χ1v) is 12.4. The number of anilines is 1. The van der Waals surface area contributed by atoms with Crippen molar-refractivity contribution in [2.45, 2.75) is 0 Å². The molecule has 0 spiro atoms. The van der Waals surface area contributed by atoms with Crippen molar-refractivity contribution >= 4 is 17.5 Å². The average Bonchev–Trinajstić information content (AvgIpc) is 3.00. The smallest absolute Gasteiger partial charge is 0.254 e. The molecule has 0 aliphatic carbocycles. The summed E-state index contributed by atoms with van der Waals surface area (Å²) in [6.45, 7) is 2.27. The van der Waals surface area contributed by atoms with Crippen LogP contribution >= 0.6 is 0 Å². The van der Waals surface area contributed by atoms with Gasteiger partial charge in [0.2, 0.25) is 0 Å². The molecule has 4 aromatic rings. The maximum Gasteiger partial charge on any atom is 0.254 e. The highest BCUT2D eigenvalue weighted by atomic mass is 16.5. The van der Waals surface area contributed by atoms with Crippen LogP contribution < -0.4 is 14.4 Å². The van der Waals surface area contributed by atoms with Gasteiger partial charge in [-0.3, -0.25) is 9.59 Å². The van der Waals surface area contributed by atoms with E-state index in [1.807, 2.05) is 48.5 Å². The van der Waals surface area contributed by atoms with E-state index in [9.17, 15) is 9.59 Å². The van der Waals surface area contributed by atoms with Crippen LogP contribution in [0.25, 0.3) is 11.3 Å². The van der Waals surface area contributed by atoms with Gasteiger partial charge in [0.05, 0.1) is 25.5 Å². The molecule has 1 amide bonds. The van der Waals surface area contributed by atoms with Crippen LogP contribution in [-0.2, 0) is 0 Å². The Morgan fingerprint density at radius 3 is 2.05 bits per heavy atom. The van der Waals surface area contributed by atoms with Crippen molar-refractivity contribution < 1.29 is 19.1 Å². The molecule has 192 valence electrons. The van der Waals surface area contributed by atoms with E-state index in [-0.39, 0.29) is 11.7 Å². The second-order valence-electron chi connectivity index (χ2n) is 8.87. The topological polar surface area (TPSA) is 84.9 Å². The Hall–Kier alpha value is -4.72. The number of rotatable bonds is 7. The highest BCUT2D eigenvalue weighted by Gasteiger charge is 2.26. The maximum atomic E-state index is 13.4. The molecule has 0 bridgehead atoms. The molecule has 8 heteroatoms. The highest BCUT2D eigenvalue weighted by Crippen LogP contribution is 2.31. The van der Waals surface area contributed by atoms with Crippen molar-refractivity contribution in [2.24, 2.45) is 0 Å². The minimum atomic E-state index is -0.155. The number of methoxy groups -OCH3 is 2. The molecule has 8 nitrogen and oxygen atoms in total. The number of aromatic nitrogens is 2. The predicted molar refractivity (Wildman–Crippen MR) is 145 cm³/mol. The number of piperazine rings is 1. The fraction of sp³-hybridized carbons (Fsp3) is 0.200. The molecular formula is C30H28N4O4. The largest absolute Gasteiger partial charge is 0.493 e. The third-order valence-electron chi connectivity index (χ3n) is 6.66. The van der Waals surface area contributed by atoms with Gasteiger partial charge in [-0.05, 0) is 36.4 Å². The Balaban J connectivity index is 1.26. The molecule has 0 unspecified atom stereocenters. The highest BCUT2D eigenvalue weighted by molar-refractivity contribution is 6.15. The molecule has 0 radical (unpaired) electrons. The summed E-state index contributed by atoms with van der Waals surface area (Å²) in [5.74, 6) is 1.74. The Labute approximate surface area is 221 Å². The van der Waals surface area contributed by atoms with Crippen molar-refractivity contribution in [3.63, 3.8) is 0 Å². The second-order valence-corrected chi connectivity index (χ2v) is 8.87. The number of hydrogen-bond acceptors (Lipinski definition) is 7. The summed E-state index contributed by atoms with van der Waals surface area (Å²) < 4.78 is 10.7. The van der Waals surface area contributed by atoms with Gasteiger partial charge in [-0.2, -0.15) is 0 Å². The van der Waals surface area contributed by atoms with Crippen LogP contribution in [0.3, 0.4) is 0 Å². The molecule has 0 atom stereocenters. The first-order valence-electron chi connectivity index (χ1n) is 12.4. The zero-order valence-electron chi connectivity index (χ0n) is 21.3. The molecular weight excluding hydrogens is 480 g/mol. The number of benzene rings is 3. The molecule has 1 aliphatic rings.